The first-order valence-electron chi connectivity index (χ1n) is 9.13. The molecule has 0 saturated carbocycles. The molecule has 1 amide bonds. The first-order chi connectivity index (χ1) is 13.6. The predicted molar refractivity (Wildman–Crippen MR) is 114 cm³/mol. The van der Waals surface area contributed by atoms with E-state index in [1.54, 1.807) is 13.3 Å². The molecule has 1 heterocycles. The van der Waals surface area contributed by atoms with Crippen LogP contribution >= 0.6 is 15.9 Å². The number of hydrogen-bond acceptors (Lipinski definition) is 4. The zero-order chi connectivity index (χ0) is 19.9. The lowest BCUT2D eigenvalue weighted by atomic mass is 10.1. The van der Waals surface area contributed by atoms with Gasteiger partial charge < -0.3 is 10.1 Å². The fourth-order valence-electron chi connectivity index (χ4n) is 2.81. The Balaban J connectivity index is 1.78. The number of carbonyl (C=O) groups excluding carboxylic acids is 1. The van der Waals surface area contributed by atoms with Crippen LogP contribution in [0.1, 0.15) is 24.6 Å². The van der Waals surface area contributed by atoms with Crippen molar-refractivity contribution in [3.05, 3.63) is 70.5 Å². The lowest BCUT2D eigenvalue weighted by molar-refractivity contribution is -0.115. The van der Waals surface area contributed by atoms with E-state index >= 15 is 0 Å². The highest BCUT2D eigenvalue weighted by molar-refractivity contribution is 9.10. The van der Waals surface area contributed by atoms with Crippen LogP contribution in [0.3, 0.4) is 0 Å². The minimum atomic E-state index is -0.105. The number of halogens is 1. The fraction of sp³-hybridized carbons (Fsp3) is 0.227. The molecule has 0 aliphatic rings. The minimum Gasteiger partial charge on any atom is -0.497 e. The Labute approximate surface area is 173 Å². The Morgan fingerprint density at radius 3 is 2.46 bits per heavy atom. The smallest absolute Gasteiger partial charge is 0.229 e. The minimum absolute atomic E-state index is 0.105. The molecule has 1 aromatic heterocycles. The van der Waals surface area contributed by atoms with Crippen LogP contribution in [0.15, 0.2) is 59.2 Å². The van der Waals surface area contributed by atoms with Crippen molar-refractivity contribution in [2.45, 2.75) is 26.2 Å². The van der Waals surface area contributed by atoms with Gasteiger partial charge in [0.05, 0.1) is 31.1 Å². The number of nitrogens with one attached hydrogen (secondary N) is 1. The van der Waals surface area contributed by atoms with E-state index in [2.05, 4.69) is 33.2 Å². The molecule has 0 aliphatic carbocycles. The molecule has 0 bridgehead atoms. The quantitative estimate of drug-likeness (QED) is 0.559. The van der Waals surface area contributed by atoms with Gasteiger partial charge in [-0.1, -0.05) is 41.4 Å². The summed E-state index contributed by atoms with van der Waals surface area (Å²) in [7, 11) is 1.64. The van der Waals surface area contributed by atoms with Gasteiger partial charge >= 0.3 is 0 Å². The fourth-order valence-corrected chi connectivity index (χ4v) is 3.07. The molecule has 0 aliphatic heterocycles. The average molecular weight is 440 g/mol. The highest BCUT2D eigenvalue weighted by atomic mass is 79.9. The summed E-state index contributed by atoms with van der Waals surface area (Å²) in [6.07, 6.45) is 3.64. The predicted octanol–water partition coefficient (Wildman–Crippen LogP) is 5.05. The monoisotopic (exact) mass is 439 g/mol. The van der Waals surface area contributed by atoms with Crippen LogP contribution in [-0.2, 0) is 17.6 Å². The Bertz CT molecular complexity index is 941. The molecular formula is C22H22BrN3O2. The summed E-state index contributed by atoms with van der Waals surface area (Å²) in [5, 5.41) is 2.91. The van der Waals surface area contributed by atoms with Gasteiger partial charge in [0, 0.05) is 10.0 Å². The van der Waals surface area contributed by atoms with Crippen molar-refractivity contribution in [1.82, 2.24) is 9.97 Å². The summed E-state index contributed by atoms with van der Waals surface area (Å²) in [4.78, 5) is 21.7. The molecule has 0 unspecified atom stereocenters. The van der Waals surface area contributed by atoms with Crippen molar-refractivity contribution in [3.8, 4) is 17.0 Å². The maximum absolute atomic E-state index is 12.4. The molecule has 3 aromatic rings. The van der Waals surface area contributed by atoms with Crippen LogP contribution in [0.25, 0.3) is 11.3 Å². The van der Waals surface area contributed by atoms with E-state index in [4.69, 9.17) is 9.72 Å². The number of anilines is 1. The summed E-state index contributed by atoms with van der Waals surface area (Å²) in [5.41, 5.74) is 3.47. The number of aryl methyl sites for hydroxylation is 1. The first kappa shape index (κ1) is 20.0. The van der Waals surface area contributed by atoms with Crippen molar-refractivity contribution >= 4 is 27.7 Å². The third-order valence-electron chi connectivity index (χ3n) is 4.25. The molecule has 0 radical (unpaired) electrons. The Kier molecular flexibility index (Phi) is 6.76. The molecule has 2 aromatic carbocycles. The van der Waals surface area contributed by atoms with Gasteiger partial charge in [0.15, 0.2) is 5.82 Å². The van der Waals surface area contributed by atoms with Crippen LogP contribution in [0.2, 0.25) is 0 Å². The van der Waals surface area contributed by atoms with Crippen LogP contribution < -0.4 is 10.1 Å². The van der Waals surface area contributed by atoms with Crippen molar-refractivity contribution in [1.29, 1.82) is 0 Å². The van der Waals surface area contributed by atoms with E-state index in [-0.39, 0.29) is 5.91 Å². The van der Waals surface area contributed by atoms with Gasteiger partial charge in [0.25, 0.3) is 0 Å². The standard InChI is InChI=1S/C22H22BrN3O2/c1-3-4-19-22(26-21(27)13-15-5-9-17(23)10-6-15)24-14-20(25-19)16-7-11-18(28-2)12-8-16/h5-12,14H,3-4,13H2,1-2H3,(H,24,26,27). The maximum Gasteiger partial charge on any atom is 0.229 e. The highest BCUT2D eigenvalue weighted by Crippen LogP contribution is 2.23. The Hall–Kier alpha value is -2.73. The molecule has 0 atom stereocenters. The van der Waals surface area contributed by atoms with E-state index in [1.165, 1.54) is 0 Å². The molecule has 1 N–H and O–H groups in total. The van der Waals surface area contributed by atoms with Crippen molar-refractivity contribution < 1.29 is 9.53 Å². The normalized spacial score (nSPS) is 10.5. The van der Waals surface area contributed by atoms with Gasteiger partial charge in [-0.25, -0.2) is 9.97 Å². The molecule has 6 heteroatoms. The molecule has 0 fully saturated rings. The maximum atomic E-state index is 12.4. The second-order valence-electron chi connectivity index (χ2n) is 6.38. The van der Waals surface area contributed by atoms with Gasteiger partial charge in [-0.05, 0) is 48.4 Å². The lowest BCUT2D eigenvalue weighted by Crippen LogP contribution is -2.17. The van der Waals surface area contributed by atoms with E-state index < -0.39 is 0 Å². The number of benzene rings is 2. The van der Waals surface area contributed by atoms with Crippen molar-refractivity contribution in [2.24, 2.45) is 0 Å². The van der Waals surface area contributed by atoms with Crippen molar-refractivity contribution in [3.63, 3.8) is 0 Å². The molecule has 28 heavy (non-hydrogen) atoms. The van der Waals surface area contributed by atoms with Gasteiger partial charge in [-0.15, -0.1) is 0 Å². The molecule has 0 spiro atoms. The van der Waals surface area contributed by atoms with E-state index in [9.17, 15) is 4.79 Å². The number of ether oxygens (including phenoxy) is 1. The molecule has 3 rings (SSSR count). The third kappa shape index (κ3) is 5.16. The van der Waals surface area contributed by atoms with Crippen LogP contribution in [0, 0.1) is 0 Å². The molecular weight excluding hydrogens is 418 g/mol. The largest absolute Gasteiger partial charge is 0.497 e. The summed E-state index contributed by atoms with van der Waals surface area (Å²) in [5.74, 6) is 1.22. The van der Waals surface area contributed by atoms with Crippen molar-refractivity contribution in [2.75, 3.05) is 12.4 Å². The first-order valence-corrected chi connectivity index (χ1v) is 9.93. The zero-order valence-electron chi connectivity index (χ0n) is 15.9. The van der Waals surface area contributed by atoms with Gasteiger partial charge in [-0.2, -0.15) is 0 Å². The van der Waals surface area contributed by atoms with Crippen LogP contribution in [0.5, 0.6) is 5.75 Å². The van der Waals surface area contributed by atoms with Crippen LogP contribution in [0.4, 0.5) is 5.82 Å². The second-order valence-corrected chi connectivity index (χ2v) is 7.30. The van der Waals surface area contributed by atoms with Gasteiger partial charge in [0.1, 0.15) is 5.75 Å². The number of hydrogen-bond donors (Lipinski definition) is 1. The number of carbonyl (C=O) groups is 1. The SMILES string of the molecule is CCCc1nc(-c2ccc(OC)cc2)cnc1NC(=O)Cc1ccc(Br)cc1. The molecule has 0 saturated heterocycles. The molecule has 5 nitrogen and oxygen atoms in total. The van der Waals surface area contributed by atoms with Gasteiger partial charge in [-0.3, -0.25) is 4.79 Å². The van der Waals surface area contributed by atoms with Gasteiger partial charge in [0.2, 0.25) is 5.91 Å². The number of rotatable bonds is 7. The highest BCUT2D eigenvalue weighted by Gasteiger charge is 2.12. The Morgan fingerprint density at radius 1 is 1.11 bits per heavy atom. The van der Waals surface area contributed by atoms with Crippen LogP contribution in [-0.4, -0.2) is 23.0 Å². The third-order valence-corrected chi connectivity index (χ3v) is 4.78. The number of aromatic nitrogens is 2. The Morgan fingerprint density at radius 2 is 1.82 bits per heavy atom. The average Bonchev–Trinajstić information content (AvgIpc) is 2.71. The van der Waals surface area contributed by atoms with E-state index in [1.807, 2.05) is 48.5 Å². The summed E-state index contributed by atoms with van der Waals surface area (Å²) in [6, 6.07) is 15.4. The number of amides is 1. The zero-order valence-corrected chi connectivity index (χ0v) is 17.5. The lowest BCUT2D eigenvalue weighted by Gasteiger charge is -2.11. The summed E-state index contributed by atoms with van der Waals surface area (Å²) < 4.78 is 6.19. The summed E-state index contributed by atoms with van der Waals surface area (Å²) in [6.45, 7) is 2.08. The molecule has 144 valence electrons. The number of nitrogens with zero attached hydrogens (tertiary/aromatic N) is 2. The topological polar surface area (TPSA) is 64.1 Å². The summed E-state index contributed by atoms with van der Waals surface area (Å²) >= 11 is 3.40. The second kappa shape index (κ2) is 9.46. The van der Waals surface area contributed by atoms with E-state index in [0.717, 1.165) is 45.6 Å². The number of methoxy groups -OCH3 is 1. The van der Waals surface area contributed by atoms with E-state index in [0.29, 0.717) is 12.2 Å².